The van der Waals surface area contributed by atoms with Gasteiger partial charge < -0.3 is 9.64 Å². The number of hydrogen-bond acceptors (Lipinski definition) is 4. The monoisotopic (exact) mass is 265 g/mol. The van der Waals surface area contributed by atoms with Gasteiger partial charge in [0.05, 0.1) is 12.2 Å². The Morgan fingerprint density at radius 1 is 1.33 bits per heavy atom. The first-order valence-corrected chi connectivity index (χ1v) is 6.73. The normalized spacial score (nSPS) is 18.8. The Morgan fingerprint density at radius 3 is 2.72 bits per heavy atom. The van der Waals surface area contributed by atoms with E-state index in [1.807, 2.05) is 24.3 Å². The summed E-state index contributed by atoms with van der Waals surface area (Å²) in [4.78, 5) is 25.5. The molecule has 1 aromatic rings. The quantitative estimate of drug-likeness (QED) is 0.729. The van der Waals surface area contributed by atoms with Gasteiger partial charge in [0.1, 0.15) is 6.10 Å². The van der Waals surface area contributed by atoms with Gasteiger partial charge in [-0.05, 0) is 12.1 Å². The zero-order chi connectivity index (χ0) is 13.1. The minimum absolute atomic E-state index is 0.0397. The van der Waals surface area contributed by atoms with Gasteiger partial charge >= 0.3 is 5.97 Å². The number of thioether (sulfide) groups is 1. The molecule has 0 N–H and O–H groups in total. The molecule has 0 radical (unpaired) electrons. The molecule has 2 rings (SSSR count). The van der Waals surface area contributed by atoms with Crippen molar-refractivity contribution in [1.82, 2.24) is 0 Å². The average Bonchev–Trinajstić information content (AvgIpc) is 2.49. The Hall–Kier alpha value is -1.49. The molecule has 96 valence electrons. The van der Waals surface area contributed by atoms with Gasteiger partial charge in [-0.15, -0.1) is 11.8 Å². The summed E-state index contributed by atoms with van der Waals surface area (Å²) in [6.45, 7) is 3.33. The van der Waals surface area contributed by atoms with E-state index in [1.54, 1.807) is 16.7 Å². The summed E-state index contributed by atoms with van der Waals surface area (Å²) in [7, 11) is 0. The van der Waals surface area contributed by atoms with Crippen LogP contribution < -0.4 is 4.90 Å². The van der Waals surface area contributed by atoms with E-state index in [2.05, 4.69) is 0 Å². The van der Waals surface area contributed by atoms with Gasteiger partial charge in [0.2, 0.25) is 5.91 Å². The minimum Gasteiger partial charge on any atom is -0.460 e. The number of fused-ring (bicyclic) bond motifs is 1. The van der Waals surface area contributed by atoms with Crippen LogP contribution in [0.25, 0.3) is 0 Å². The van der Waals surface area contributed by atoms with Crippen molar-refractivity contribution in [2.75, 3.05) is 17.2 Å². The fraction of sp³-hybridized carbons (Fsp3) is 0.385. The van der Waals surface area contributed by atoms with E-state index in [1.165, 1.54) is 13.8 Å². The van der Waals surface area contributed by atoms with E-state index in [4.69, 9.17) is 4.74 Å². The number of amides is 1. The van der Waals surface area contributed by atoms with Gasteiger partial charge in [-0.1, -0.05) is 12.1 Å². The number of hydrogen-bond donors (Lipinski definition) is 0. The van der Waals surface area contributed by atoms with Crippen molar-refractivity contribution >= 4 is 29.3 Å². The second-order valence-electron chi connectivity index (χ2n) is 4.14. The first-order valence-electron chi connectivity index (χ1n) is 5.75. The molecule has 0 spiro atoms. The van der Waals surface area contributed by atoms with E-state index in [0.717, 1.165) is 10.6 Å². The predicted octanol–water partition coefficient (Wildman–Crippen LogP) is 2.08. The Morgan fingerprint density at radius 2 is 2.06 bits per heavy atom. The average molecular weight is 265 g/mol. The lowest BCUT2D eigenvalue weighted by Gasteiger charge is -2.23. The first kappa shape index (κ1) is 13.0. The molecule has 0 aromatic heterocycles. The summed E-state index contributed by atoms with van der Waals surface area (Å²) in [6, 6.07) is 7.74. The number of esters is 1. The number of para-hydroxylation sites is 1. The first-order chi connectivity index (χ1) is 8.58. The van der Waals surface area contributed by atoms with E-state index in [-0.39, 0.29) is 18.0 Å². The van der Waals surface area contributed by atoms with Crippen LogP contribution >= 0.6 is 11.8 Å². The van der Waals surface area contributed by atoms with Crippen LogP contribution in [0, 0.1) is 0 Å². The van der Waals surface area contributed by atoms with Crippen LogP contribution in [0.5, 0.6) is 0 Å². The van der Waals surface area contributed by atoms with Crippen LogP contribution in [0.1, 0.15) is 13.8 Å². The van der Waals surface area contributed by atoms with E-state index in [0.29, 0.717) is 12.3 Å². The Kier molecular flexibility index (Phi) is 3.91. The van der Waals surface area contributed by atoms with E-state index < -0.39 is 0 Å². The van der Waals surface area contributed by atoms with Crippen molar-refractivity contribution in [3.63, 3.8) is 0 Å². The van der Waals surface area contributed by atoms with Crippen LogP contribution in [-0.4, -0.2) is 30.3 Å². The molecule has 1 heterocycles. The predicted molar refractivity (Wildman–Crippen MR) is 70.7 cm³/mol. The van der Waals surface area contributed by atoms with Gasteiger partial charge in [-0.2, -0.15) is 0 Å². The highest BCUT2D eigenvalue weighted by Crippen LogP contribution is 2.34. The van der Waals surface area contributed by atoms with E-state index >= 15 is 0 Å². The summed E-state index contributed by atoms with van der Waals surface area (Å²) in [6.07, 6.45) is -0.260. The largest absolute Gasteiger partial charge is 0.460 e. The molecule has 1 aliphatic rings. The molecular formula is C13H15NO3S. The Bertz CT molecular complexity index is 475. The molecule has 18 heavy (non-hydrogen) atoms. The smallest absolute Gasteiger partial charge is 0.302 e. The molecule has 1 atom stereocenters. The van der Waals surface area contributed by atoms with Crippen molar-refractivity contribution in [2.24, 2.45) is 0 Å². The number of carbonyl (C=O) groups is 2. The Balaban J connectivity index is 2.28. The third-order valence-electron chi connectivity index (χ3n) is 2.68. The highest BCUT2D eigenvalue weighted by atomic mass is 32.2. The third kappa shape index (κ3) is 2.85. The second-order valence-corrected chi connectivity index (χ2v) is 5.20. The summed E-state index contributed by atoms with van der Waals surface area (Å²) >= 11 is 1.61. The zero-order valence-electron chi connectivity index (χ0n) is 10.4. The molecule has 0 bridgehead atoms. The molecule has 1 aliphatic heterocycles. The SMILES string of the molecule is CC(=O)O[C@@H]1CSc2ccccc2N(C(C)=O)C1. The van der Waals surface area contributed by atoms with Gasteiger partial charge in [0, 0.05) is 24.5 Å². The highest BCUT2D eigenvalue weighted by molar-refractivity contribution is 7.99. The molecule has 0 saturated carbocycles. The standard InChI is InChI=1S/C13H15NO3S/c1-9(15)14-7-11(17-10(2)16)8-18-13-6-4-3-5-12(13)14/h3-6,11H,7-8H2,1-2H3/t11-/m0/s1. The lowest BCUT2D eigenvalue weighted by Crippen LogP contribution is -2.38. The number of anilines is 1. The van der Waals surface area contributed by atoms with Gasteiger partial charge in [0.15, 0.2) is 0 Å². The van der Waals surface area contributed by atoms with Crippen molar-refractivity contribution < 1.29 is 14.3 Å². The number of rotatable bonds is 1. The molecule has 0 aliphatic carbocycles. The number of nitrogens with zero attached hydrogens (tertiary/aromatic N) is 1. The van der Waals surface area contributed by atoms with Crippen molar-refractivity contribution in [2.45, 2.75) is 24.8 Å². The molecule has 0 unspecified atom stereocenters. The number of carbonyl (C=O) groups excluding carboxylic acids is 2. The molecule has 0 fully saturated rings. The maximum absolute atomic E-state index is 11.7. The van der Waals surface area contributed by atoms with Crippen LogP contribution in [0.15, 0.2) is 29.2 Å². The molecule has 0 saturated heterocycles. The fourth-order valence-corrected chi connectivity index (χ4v) is 2.98. The van der Waals surface area contributed by atoms with Gasteiger partial charge in [-0.25, -0.2) is 0 Å². The van der Waals surface area contributed by atoms with Crippen molar-refractivity contribution in [1.29, 1.82) is 0 Å². The summed E-state index contributed by atoms with van der Waals surface area (Å²) in [5.74, 6) is 0.317. The highest BCUT2D eigenvalue weighted by Gasteiger charge is 2.26. The summed E-state index contributed by atoms with van der Waals surface area (Å²) < 4.78 is 5.23. The maximum atomic E-state index is 11.7. The van der Waals surface area contributed by atoms with Crippen LogP contribution in [-0.2, 0) is 14.3 Å². The number of ether oxygens (including phenoxy) is 1. The molecular weight excluding hydrogens is 250 g/mol. The van der Waals surface area contributed by atoms with Crippen molar-refractivity contribution in [3.05, 3.63) is 24.3 Å². The third-order valence-corrected chi connectivity index (χ3v) is 3.87. The maximum Gasteiger partial charge on any atom is 0.302 e. The van der Waals surface area contributed by atoms with Crippen LogP contribution in [0.3, 0.4) is 0 Å². The fourth-order valence-electron chi connectivity index (χ4n) is 1.94. The van der Waals surface area contributed by atoms with Gasteiger partial charge in [-0.3, -0.25) is 9.59 Å². The van der Waals surface area contributed by atoms with Crippen molar-refractivity contribution in [3.8, 4) is 0 Å². The molecule has 1 amide bonds. The topological polar surface area (TPSA) is 46.6 Å². The molecule has 4 nitrogen and oxygen atoms in total. The summed E-state index contributed by atoms with van der Waals surface area (Å²) in [5.41, 5.74) is 0.893. The zero-order valence-corrected chi connectivity index (χ0v) is 11.2. The Labute approximate surface area is 110 Å². The van der Waals surface area contributed by atoms with Crippen LogP contribution in [0.2, 0.25) is 0 Å². The second kappa shape index (κ2) is 5.44. The van der Waals surface area contributed by atoms with Gasteiger partial charge in [0.25, 0.3) is 0 Å². The molecule has 1 aromatic carbocycles. The molecule has 5 heteroatoms. The van der Waals surface area contributed by atoms with E-state index in [9.17, 15) is 9.59 Å². The van der Waals surface area contributed by atoms with Crippen LogP contribution in [0.4, 0.5) is 5.69 Å². The number of benzene rings is 1. The lowest BCUT2D eigenvalue weighted by molar-refractivity contribution is -0.145. The summed E-state index contributed by atoms with van der Waals surface area (Å²) in [5, 5.41) is 0. The minimum atomic E-state index is -0.310. The lowest BCUT2D eigenvalue weighted by atomic mass is 10.2.